The molecule has 1 aliphatic rings. The van der Waals surface area contributed by atoms with E-state index in [-0.39, 0.29) is 12.1 Å². The van der Waals surface area contributed by atoms with Crippen molar-refractivity contribution in [2.24, 2.45) is 0 Å². The molecule has 0 aliphatic carbocycles. The molecule has 6 heteroatoms. The molecule has 1 N–H and O–H groups in total. The first-order valence-electron chi connectivity index (χ1n) is 7.07. The average Bonchev–Trinajstić information content (AvgIpc) is 2.44. The maximum absolute atomic E-state index is 12.5. The van der Waals surface area contributed by atoms with Crippen LogP contribution in [0.5, 0.6) is 0 Å². The first-order valence-corrected chi connectivity index (χ1v) is 7.07. The Morgan fingerprint density at radius 3 is 2.57 bits per heavy atom. The molecule has 3 nitrogen and oxygen atoms in total. The van der Waals surface area contributed by atoms with Crippen LogP contribution in [0.4, 0.5) is 13.2 Å². The molecule has 2 unspecified atom stereocenters. The van der Waals surface area contributed by atoms with Crippen LogP contribution < -0.4 is 5.32 Å². The van der Waals surface area contributed by atoms with E-state index in [9.17, 15) is 13.2 Å². The number of nitrogens with one attached hydrogen (secondary N) is 1. The molecule has 0 aromatic heterocycles. The van der Waals surface area contributed by atoms with Crippen LogP contribution in [0.25, 0.3) is 0 Å². The van der Waals surface area contributed by atoms with Crippen LogP contribution in [0, 0.1) is 0 Å². The molecule has 1 aromatic rings. The molecular formula is C15H21F3N2O. The van der Waals surface area contributed by atoms with Gasteiger partial charge in [-0.1, -0.05) is 12.1 Å². The summed E-state index contributed by atoms with van der Waals surface area (Å²) in [6, 6.07) is 5.28. The lowest BCUT2D eigenvalue weighted by Gasteiger charge is -2.31. The van der Waals surface area contributed by atoms with Crippen LogP contribution in [0.1, 0.15) is 24.1 Å². The summed E-state index contributed by atoms with van der Waals surface area (Å²) in [6.45, 7) is 5.15. The van der Waals surface area contributed by atoms with Gasteiger partial charge in [-0.2, -0.15) is 13.2 Å². The van der Waals surface area contributed by atoms with Crippen molar-refractivity contribution in [3.8, 4) is 0 Å². The summed E-state index contributed by atoms with van der Waals surface area (Å²) in [6.07, 6.45) is -4.16. The Labute approximate surface area is 123 Å². The van der Waals surface area contributed by atoms with Gasteiger partial charge in [-0.15, -0.1) is 0 Å². The number of nitrogens with zero attached hydrogens (tertiary/aromatic N) is 1. The molecule has 21 heavy (non-hydrogen) atoms. The highest BCUT2D eigenvalue weighted by Gasteiger charge is 2.30. The third kappa shape index (κ3) is 4.69. The highest BCUT2D eigenvalue weighted by molar-refractivity contribution is 5.26. The molecule has 0 radical (unpaired) electrons. The molecule has 1 saturated heterocycles. The minimum Gasteiger partial charge on any atom is -0.374 e. The van der Waals surface area contributed by atoms with Gasteiger partial charge in [0, 0.05) is 25.7 Å². The number of alkyl halides is 3. The minimum atomic E-state index is -4.28. The number of halogens is 3. The Bertz CT molecular complexity index is 447. The molecule has 0 spiro atoms. The molecule has 1 aliphatic heterocycles. The van der Waals surface area contributed by atoms with Crippen LogP contribution in [-0.2, 0) is 10.9 Å². The number of rotatable bonds is 4. The number of benzene rings is 1. The van der Waals surface area contributed by atoms with Gasteiger partial charge in [-0.25, -0.2) is 0 Å². The van der Waals surface area contributed by atoms with Crippen molar-refractivity contribution in [3.63, 3.8) is 0 Å². The van der Waals surface area contributed by atoms with Crippen LogP contribution in [0.2, 0.25) is 0 Å². The fourth-order valence-corrected chi connectivity index (χ4v) is 2.38. The predicted octanol–water partition coefficient (Wildman–Crippen LogP) is 2.69. The van der Waals surface area contributed by atoms with E-state index in [1.54, 1.807) is 0 Å². The van der Waals surface area contributed by atoms with Crippen molar-refractivity contribution in [2.45, 2.75) is 25.2 Å². The van der Waals surface area contributed by atoms with E-state index in [1.165, 1.54) is 12.1 Å². The largest absolute Gasteiger partial charge is 0.416 e. The van der Waals surface area contributed by atoms with Crippen molar-refractivity contribution >= 4 is 0 Å². The molecule has 2 atom stereocenters. The van der Waals surface area contributed by atoms with E-state index >= 15 is 0 Å². The summed E-state index contributed by atoms with van der Waals surface area (Å²) >= 11 is 0. The Morgan fingerprint density at radius 1 is 1.33 bits per heavy atom. The van der Waals surface area contributed by atoms with Crippen molar-refractivity contribution in [1.82, 2.24) is 10.2 Å². The van der Waals surface area contributed by atoms with Gasteiger partial charge in [-0.05, 0) is 31.7 Å². The fraction of sp³-hybridized carbons (Fsp3) is 0.600. The number of hydrogen-bond acceptors (Lipinski definition) is 3. The second kappa shape index (κ2) is 6.77. The lowest BCUT2D eigenvalue weighted by molar-refractivity contribution is -0.137. The zero-order valence-corrected chi connectivity index (χ0v) is 12.3. The molecular weight excluding hydrogens is 281 g/mol. The molecule has 0 amide bonds. The SMILES string of the molecule is CC(NCC1CN(C)CCO1)c1ccc(C(F)(F)F)cc1. The van der Waals surface area contributed by atoms with E-state index < -0.39 is 11.7 Å². The number of ether oxygens (including phenoxy) is 1. The van der Waals surface area contributed by atoms with Gasteiger partial charge >= 0.3 is 6.18 Å². The third-order valence-corrected chi connectivity index (χ3v) is 3.73. The van der Waals surface area contributed by atoms with Crippen LogP contribution >= 0.6 is 0 Å². The Hall–Kier alpha value is -1.11. The highest BCUT2D eigenvalue weighted by Crippen LogP contribution is 2.29. The minimum absolute atomic E-state index is 0.0110. The standard InChI is InChI=1S/C15H21F3N2O/c1-11(19-9-14-10-20(2)7-8-21-14)12-3-5-13(6-4-12)15(16,17)18/h3-6,11,14,19H,7-10H2,1-2H3. The van der Waals surface area contributed by atoms with E-state index in [4.69, 9.17) is 4.74 Å². The van der Waals surface area contributed by atoms with Gasteiger partial charge in [-0.3, -0.25) is 0 Å². The Kier molecular flexibility index (Phi) is 5.24. The molecule has 1 aromatic carbocycles. The molecule has 0 saturated carbocycles. The van der Waals surface area contributed by atoms with Gasteiger partial charge in [0.25, 0.3) is 0 Å². The number of likely N-dealkylation sites (N-methyl/N-ethyl adjacent to an activating group) is 1. The summed E-state index contributed by atoms with van der Waals surface area (Å²) in [5.41, 5.74) is 0.225. The van der Waals surface area contributed by atoms with E-state index in [1.807, 2.05) is 6.92 Å². The highest BCUT2D eigenvalue weighted by atomic mass is 19.4. The van der Waals surface area contributed by atoms with E-state index in [0.717, 1.165) is 37.4 Å². The molecule has 0 bridgehead atoms. The lowest BCUT2D eigenvalue weighted by Crippen LogP contribution is -2.45. The van der Waals surface area contributed by atoms with Crippen molar-refractivity contribution in [1.29, 1.82) is 0 Å². The summed E-state index contributed by atoms with van der Waals surface area (Å²) in [5, 5.41) is 3.31. The van der Waals surface area contributed by atoms with Crippen molar-refractivity contribution in [3.05, 3.63) is 35.4 Å². The quantitative estimate of drug-likeness (QED) is 0.925. The van der Waals surface area contributed by atoms with Crippen LogP contribution in [0.15, 0.2) is 24.3 Å². The topological polar surface area (TPSA) is 24.5 Å². The summed E-state index contributed by atoms with van der Waals surface area (Å²) in [7, 11) is 2.05. The fourth-order valence-electron chi connectivity index (χ4n) is 2.38. The second-order valence-electron chi connectivity index (χ2n) is 5.50. The van der Waals surface area contributed by atoms with Gasteiger partial charge in [0.1, 0.15) is 0 Å². The first-order chi connectivity index (χ1) is 9.86. The van der Waals surface area contributed by atoms with Gasteiger partial charge in [0.15, 0.2) is 0 Å². The van der Waals surface area contributed by atoms with Crippen molar-refractivity contribution in [2.75, 3.05) is 33.3 Å². The molecule has 118 valence electrons. The van der Waals surface area contributed by atoms with Crippen LogP contribution in [0.3, 0.4) is 0 Å². The number of morpholine rings is 1. The van der Waals surface area contributed by atoms with E-state index in [2.05, 4.69) is 17.3 Å². The molecule has 1 fully saturated rings. The maximum Gasteiger partial charge on any atom is 0.416 e. The zero-order valence-electron chi connectivity index (χ0n) is 12.3. The summed E-state index contributed by atoms with van der Waals surface area (Å²) in [4.78, 5) is 2.21. The van der Waals surface area contributed by atoms with Crippen LogP contribution in [-0.4, -0.2) is 44.3 Å². The Morgan fingerprint density at radius 2 is 2.00 bits per heavy atom. The zero-order chi connectivity index (χ0) is 15.5. The average molecular weight is 302 g/mol. The lowest BCUT2D eigenvalue weighted by atomic mass is 10.1. The second-order valence-corrected chi connectivity index (χ2v) is 5.50. The van der Waals surface area contributed by atoms with Gasteiger partial charge in [0.2, 0.25) is 0 Å². The first kappa shape index (κ1) is 16.3. The van der Waals surface area contributed by atoms with Gasteiger partial charge < -0.3 is 15.0 Å². The maximum atomic E-state index is 12.5. The smallest absolute Gasteiger partial charge is 0.374 e. The summed E-state index contributed by atoms with van der Waals surface area (Å²) in [5.74, 6) is 0. The number of hydrogen-bond donors (Lipinski definition) is 1. The molecule has 2 rings (SSSR count). The normalized spacial score (nSPS) is 22.2. The van der Waals surface area contributed by atoms with E-state index in [0.29, 0.717) is 6.54 Å². The third-order valence-electron chi connectivity index (χ3n) is 3.73. The van der Waals surface area contributed by atoms with Gasteiger partial charge in [0.05, 0.1) is 18.3 Å². The van der Waals surface area contributed by atoms with Crippen molar-refractivity contribution < 1.29 is 17.9 Å². The Balaban J connectivity index is 1.87. The monoisotopic (exact) mass is 302 g/mol. The molecule has 1 heterocycles. The predicted molar refractivity (Wildman–Crippen MR) is 75.1 cm³/mol. The summed E-state index contributed by atoms with van der Waals surface area (Å²) < 4.78 is 43.2.